The van der Waals surface area contributed by atoms with Crippen LogP contribution in [0.1, 0.15) is 0 Å². The second-order valence-electron chi connectivity index (χ2n) is 3.34. The van der Waals surface area contributed by atoms with Crippen LogP contribution in [0.4, 0.5) is 5.69 Å². The van der Waals surface area contributed by atoms with E-state index in [4.69, 9.17) is 23.2 Å². The first-order valence-electron chi connectivity index (χ1n) is 4.69. The van der Waals surface area contributed by atoms with Gasteiger partial charge in [-0.05, 0) is 35.9 Å². The molecule has 0 atom stereocenters. The average Bonchev–Trinajstić information content (AvgIpc) is 2.29. The van der Waals surface area contributed by atoms with Crippen molar-refractivity contribution in [2.24, 2.45) is 0 Å². The molecule has 0 spiro atoms. The Labute approximate surface area is 108 Å². The quantitative estimate of drug-likeness (QED) is 0.599. The molecule has 2 aromatic carbocycles. The number of rotatable bonds is 2. The smallest absolute Gasteiger partial charge is 0.258 e. The number of nitro groups is 1. The van der Waals surface area contributed by atoms with E-state index < -0.39 is 4.92 Å². The number of non-ortho nitro benzene ring substituents is 1. The van der Waals surface area contributed by atoms with Crippen LogP contribution < -0.4 is 0 Å². The maximum absolute atomic E-state index is 10.5. The third-order valence-corrected chi connectivity index (χ3v) is 2.74. The van der Waals surface area contributed by atoms with Crippen LogP contribution in [0, 0.1) is 16.2 Å². The Morgan fingerprint density at radius 1 is 1.18 bits per heavy atom. The molecule has 3 nitrogen and oxygen atoms in total. The fraction of sp³-hybridized carbons (Fsp3) is 0. The van der Waals surface area contributed by atoms with Gasteiger partial charge in [-0.25, -0.2) is 0 Å². The molecule has 2 rings (SSSR count). The molecule has 1 radical (unpaired) electrons. The second-order valence-corrected chi connectivity index (χ2v) is 4.19. The zero-order chi connectivity index (χ0) is 12.4. The van der Waals surface area contributed by atoms with Crippen molar-refractivity contribution in [3.63, 3.8) is 0 Å². The van der Waals surface area contributed by atoms with Crippen molar-refractivity contribution >= 4 is 28.9 Å². The highest BCUT2D eigenvalue weighted by Crippen LogP contribution is 2.30. The molecule has 85 valence electrons. The summed E-state index contributed by atoms with van der Waals surface area (Å²) in [6.45, 7) is 0. The SMILES string of the molecule is O=[N+]([O-])c1ccc(-c2[c]cc(Cl)cc2Cl)cc1. The van der Waals surface area contributed by atoms with Crippen LogP contribution in [0.3, 0.4) is 0 Å². The Kier molecular flexibility index (Phi) is 3.31. The molecule has 0 aliphatic rings. The van der Waals surface area contributed by atoms with Gasteiger partial charge in [0.2, 0.25) is 0 Å². The van der Waals surface area contributed by atoms with Crippen molar-refractivity contribution < 1.29 is 4.92 Å². The predicted molar refractivity (Wildman–Crippen MR) is 67.4 cm³/mol. The first kappa shape index (κ1) is 11.9. The van der Waals surface area contributed by atoms with E-state index >= 15 is 0 Å². The monoisotopic (exact) mass is 266 g/mol. The van der Waals surface area contributed by atoms with Crippen molar-refractivity contribution in [2.75, 3.05) is 0 Å². The van der Waals surface area contributed by atoms with Crippen LogP contribution in [0.15, 0.2) is 36.4 Å². The van der Waals surface area contributed by atoms with Gasteiger partial charge in [-0.15, -0.1) is 0 Å². The number of nitrogens with zero attached hydrogens (tertiary/aromatic N) is 1. The lowest BCUT2D eigenvalue weighted by molar-refractivity contribution is -0.384. The maximum atomic E-state index is 10.5. The van der Waals surface area contributed by atoms with E-state index in [9.17, 15) is 10.1 Å². The number of nitro benzene ring substituents is 1. The van der Waals surface area contributed by atoms with Gasteiger partial charge in [-0.2, -0.15) is 0 Å². The molecule has 17 heavy (non-hydrogen) atoms. The predicted octanol–water partition coefficient (Wildman–Crippen LogP) is 4.37. The van der Waals surface area contributed by atoms with Gasteiger partial charge in [-0.1, -0.05) is 23.2 Å². The molecule has 2 aromatic rings. The number of hydrogen-bond acceptors (Lipinski definition) is 2. The van der Waals surface area contributed by atoms with Gasteiger partial charge in [0.1, 0.15) is 0 Å². The molecule has 0 fully saturated rings. The van der Waals surface area contributed by atoms with E-state index in [0.29, 0.717) is 15.6 Å². The van der Waals surface area contributed by atoms with E-state index in [1.807, 2.05) is 0 Å². The fourth-order valence-electron chi connectivity index (χ4n) is 1.42. The highest BCUT2D eigenvalue weighted by atomic mass is 35.5. The molecule has 0 saturated carbocycles. The largest absolute Gasteiger partial charge is 0.269 e. The van der Waals surface area contributed by atoms with Crippen LogP contribution in [0.5, 0.6) is 0 Å². The molecule has 0 heterocycles. The average molecular weight is 267 g/mol. The zero-order valence-electron chi connectivity index (χ0n) is 8.48. The topological polar surface area (TPSA) is 43.1 Å². The standard InChI is InChI=1S/C12H6Cl2NO2/c13-9-3-6-11(12(14)7-9)8-1-4-10(5-2-8)15(16)17/h1-5,7H. The molecule has 0 aliphatic heterocycles. The summed E-state index contributed by atoms with van der Waals surface area (Å²) in [6.07, 6.45) is 0. The summed E-state index contributed by atoms with van der Waals surface area (Å²) in [5.41, 5.74) is 1.47. The van der Waals surface area contributed by atoms with Gasteiger partial charge in [0, 0.05) is 22.7 Å². The van der Waals surface area contributed by atoms with E-state index in [0.717, 1.165) is 5.56 Å². The van der Waals surface area contributed by atoms with Crippen LogP contribution in [-0.4, -0.2) is 4.92 Å². The van der Waals surface area contributed by atoms with E-state index in [1.165, 1.54) is 12.1 Å². The normalized spacial score (nSPS) is 10.2. The third-order valence-electron chi connectivity index (χ3n) is 2.22. The molecular weight excluding hydrogens is 261 g/mol. The molecule has 0 aromatic heterocycles. The molecule has 0 N–H and O–H groups in total. The fourth-order valence-corrected chi connectivity index (χ4v) is 1.92. The minimum atomic E-state index is -0.447. The van der Waals surface area contributed by atoms with E-state index in [1.54, 1.807) is 24.3 Å². The summed E-state index contributed by atoms with van der Waals surface area (Å²) in [7, 11) is 0. The van der Waals surface area contributed by atoms with E-state index in [-0.39, 0.29) is 5.69 Å². The summed E-state index contributed by atoms with van der Waals surface area (Å²) in [5, 5.41) is 11.5. The molecule has 0 amide bonds. The molecule has 5 heteroatoms. The van der Waals surface area contributed by atoms with E-state index in [2.05, 4.69) is 6.07 Å². The maximum Gasteiger partial charge on any atom is 0.269 e. The zero-order valence-corrected chi connectivity index (χ0v) is 10.00. The highest BCUT2D eigenvalue weighted by molar-refractivity contribution is 6.36. The number of hydrogen-bond donors (Lipinski definition) is 0. The summed E-state index contributed by atoms with van der Waals surface area (Å²) < 4.78 is 0. The third kappa shape index (κ3) is 2.57. The van der Waals surface area contributed by atoms with Crippen molar-refractivity contribution in [1.82, 2.24) is 0 Å². The van der Waals surface area contributed by atoms with Crippen LogP contribution in [-0.2, 0) is 0 Å². The minimum Gasteiger partial charge on any atom is -0.258 e. The van der Waals surface area contributed by atoms with Crippen molar-refractivity contribution in [2.45, 2.75) is 0 Å². The van der Waals surface area contributed by atoms with Gasteiger partial charge in [-0.3, -0.25) is 10.1 Å². The lowest BCUT2D eigenvalue weighted by Crippen LogP contribution is -1.87. The molecule has 0 unspecified atom stereocenters. The van der Waals surface area contributed by atoms with Crippen molar-refractivity contribution in [1.29, 1.82) is 0 Å². The molecule has 0 aliphatic carbocycles. The lowest BCUT2D eigenvalue weighted by atomic mass is 10.1. The Morgan fingerprint density at radius 3 is 2.35 bits per heavy atom. The number of halogens is 2. The lowest BCUT2D eigenvalue weighted by Gasteiger charge is -2.04. The summed E-state index contributed by atoms with van der Waals surface area (Å²) in [6, 6.07) is 12.3. The van der Waals surface area contributed by atoms with Crippen LogP contribution in [0.2, 0.25) is 10.0 Å². The second kappa shape index (κ2) is 4.73. The Morgan fingerprint density at radius 2 is 1.82 bits per heavy atom. The van der Waals surface area contributed by atoms with Gasteiger partial charge >= 0.3 is 0 Å². The molecule has 0 bridgehead atoms. The van der Waals surface area contributed by atoms with Gasteiger partial charge in [0.15, 0.2) is 0 Å². The Bertz CT molecular complexity index is 567. The summed E-state index contributed by atoms with van der Waals surface area (Å²) in [5.74, 6) is 0. The minimum absolute atomic E-state index is 0.0406. The van der Waals surface area contributed by atoms with Crippen molar-refractivity contribution in [3.8, 4) is 11.1 Å². The summed E-state index contributed by atoms with van der Waals surface area (Å²) >= 11 is 11.8. The first-order valence-corrected chi connectivity index (χ1v) is 5.45. The first-order chi connectivity index (χ1) is 8.08. The molecule has 0 saturated heterocycles. The number of benzene rings is 2. The van der Waals surface area contributed by atoms with Crippen molar-refractivity contribution in [3.05, 3.63) is 62.6 Å². The highest BCUT2D eigenvalue weighted by Gasteiger charge is 2.08. The van der Waals surface area contributed by atoms with Gasteiger partial charge in [0.25, 0.3) is 5.69 Å². The van der Waals surface area contributed by atoms with Gasteiger partial charge in [0.05, 0.1) is 9.95 Å². The van der Waals surface area contributed by atoms with Crippen LogP contribution >= 0.6 is 23.2 Å². The summed E-state index contributed by atoms with van der Waals surface area (Å²) in [4.78, 5) is 10.1. The molecular formula is C12H6Cl2NO2. The Hall–Kier alpha value is -1.58. The Balaban J connectivity index is 2.43. The van der Waals surface area contributed by atoms with Gasteiger partial charge < -0.3 is 0 Å². The van der Waals surface area contributed by atoms with Crippen LogP contribution in [0.25, 0.3) is 11.1 Å².